The number of methoxy groups -OCH3 is 1. The molecule has 0 amide bonds. The monoisotopic (exact) mass is 415 g/mol. The molecule has 8 nitrogen and oxygen atoms in total. The quantitative estimate of drug-likeness (QED) is 0.511. The highest BCUT2D eigenvalue weighted by Gasteiger charge is 2.22. The summed E-state index contributed by atoms with van der Waals surface area (Å²) in [6, 6.07) is 7.86. The largest absolute Gasteiger partial charge is 0.497 e. The smallest absolute Gasteiger partial charge is 0.229 e. The van der Waals surface area contributed by atoms with Crippen molar-refractivity contribution >= 4 is 11.8 Å². The van der Waals surface area contributed by atoms with Crippen LogP contribution >= 0.6 is 11.8 Å². The Bertz CT molecular complexity index is 932. The molecule has 2 aromatic heterocycles. The van der Waals surface area contributed by atoms with E-state index >= 15 is 0 Å². The van der Waals surface area contributed by atoms with Crippen LogP contribution in [-0.2, 0) is 17.0 Å². The van der Waals surface area contributed by atoms with Crippen molar-refractivity contribution in [2.45, 2.75) is 56.2 Å². The normalized spacial score (nSPS) is 16.6. The second-order valence-electron chi connectivity index (χ2n) is 7.27. The first-order chi connectivity index (χ1) is 14.1. The molecule has 1 aliphatic heterocycles. The number of thioether (sulfide) groups is 1. The van der Waals surface area contributed by atoms with Gasteiger partial charge in [0.2, 0.25) is 5.89 Å². The molecule has 1 aliphatic rings. The first-order valence-electron chi connectivity index (χ1n) is 9.78. The van der Waals surface area contributed by atoms with Crippen molar-refractivity contribution in [3.05, 3.63) is 36.0 Å². The molecule has 0 saturated carbocycles. The summed E-state index contributed by atoms with van der Waals surface area (Å²) in [5, 5.41) is 13.8. The summed E-state index contributed by atoms with van der Waals surface area (Å²) in [4.78, 5) is 4.45. The van der Waals surface area contributed by atoms with E-state index in [0.717, 1.165) is 48.3 Å². The molecule has 1 fully saturated rings. The van der Waals surface area contributed by atoms with E-state index in [9.17, 15) is 0 Å². The molecule has 0 aliphatic carbocycles. The summed E-state index contributed by atoms with van der Waals surface area (Å²) in [7, 11) is 1.66. The first-order valence-corrected chi connectivity index (χ1v) is 10.8. The highest BCUT2D eigenvalue weighted by atomic mass is 32.2. The second-order valence-corrected chi connectivity index (χ2v) is 8.22. The number of ether oxygens (including phenoxy) is 2. The summed E-state index contributed by atoms with van der Waals surface area (Å²) in [5.74, 6) is 3.73. The number of nitrogens with zero attached hydrogens (tertiary/aromatic N) is 5. The van der Waals surface area contributed by atoms with Crippen molar-refractivity contribution in [2.24, 2.45) is 0 Å². The molecule has 1 atom stereocenters. The van der Waals surface area contributed by atoms with Crippen molar-refractivity contribution in [1.29, 1.82) is 0 Å². The molecule has 0 radical (unpaired) electrons. The van der Waals surface area contributed by atoms with Gasteiger partial charge >= 0.3 is 0 Å². The molecule has 3 heterocycles. The zero-order chi connectivity index (χ0) is 20.2. The predicted octanol–water partition coefficient (Wildman–Crippen LogP) is 3.93. The second kappa shape index (κ2) is 8.96. The summed E-state index contributed by atoms with van der Waals surface area (Å²) in [5.41, 5.74) is 0.991. The topological polar surface area (TPSA) is 88.1 Å². The number of hydrogen-bond donors (Lipinski definition) is 0. The van der Waals surface area contributed by atoms with E-state index in [4.69, 9.17) is 14.0 Å². The Hall–Kier alpha value is -2.39. The third-order valence-corrected chi connectivity index (χ3v) is 5.75. The fourth-order valence-electron chi connectivity index (χ4n) is 3.20. The van der Waals surface area contributed by atoms with Gasteiger partial charge in [0.1, 0.15) is 5.75 Å². The maximum Gasteiger partial charge on any atom is 0.229 e. The van der Waals surface area contributed by atoms with Crippen molar-refractivity contribution in [3.63, 3.8) is 0 Å². The molecule has 0 spiro atoms. The van der Waals surface area contributed by atoms with Gasteiger partial charge in [0.25, 0.3) is 0 Å². The lowest BCUT2D eigenvalue weighted by Crippen LogP contribution is -2.16. The van der Waals surface area contributed by atoms with Gasteiger partial charge in [-0.2, -0.15) is 4.98 Å². The van der Waals surface area contributed by atoms with Crippen LogP contribution in [0.25, 0.3) is 11.4 Å². The molecular formula is C20H25N5O3S. The average molecular weight is 416 g/mol. The van der Waals surface area contributed by atoms with Gasteiger partial charge in [0.05, 0.1) is 25.5 Å². The van der Waals surface area contributed by atoms with Gasteiger partial charge in [-0.05, 0) is 37.1 Å². The van der Waals surface area contributed by atoms with Crippen LogP contribution in [-0.4, -0.2) is 44.7 Å². The van der Waals surface area contributed by atoms with Crippen LogP contribution < -0.4 is 4.74 Å². The average Bonchev–Trinajstić information content (AvgIpc) is 3.48. The molecule has 1 unspecified atom stereocenters. The molecule has 1 saturated heterocycles. The maximum absolute atomic E-state index is 5.86. The Morgan fingerprint density at radius 2 is 2.07 bits per heavy atom. The zero-order valence-electron chi connectivity index (χ0n) is 16.9. The molecule has 3 aromatic rings. The Morgan fingerprint density at radius 3 is 2.72 bits per heavy atom. The van der Waals surface area contributed by atoms with Crippen molar-refractivity contribution in [2.75, 3.05) is 13.7 Å². The van der Waals surface area contributed by atoms with Crippen LogP contribution in [0.5, 0.6) is 5.75 Å². The Labute approximate surface area is 174 Å². The molecule has 0 bridgehead atoms. The summed E-state index contributed by atoms with van der Waals surface area (Å²) < 4.78 is 18.6. The number of benzene rings is 1. The molecule has 154 valence electrons. The number of rotatable bonds is 8. The lowest BCUT2D eigenvalue weighted by Gasteiger charge is -2.14. The highest BCUT2D eigenvalue weighted by molar-refractivity contribution is 7.98. The van der Waals surface area contributed by atoms with Gasteiger partial charge in [0.15, 0.2) is 16.8 Å². The highest BCUT2D eigenvalue weighted by Crippen LogP contribution is 2.29. The van der Waals surface area contributed by atoms with Crippen molar-refractivity contribution in [1.82, 2.24) is 24.9 Å². The first kappa shape index (κ1) is 19.9. The SMILES string of the molecule is COc1ccc(-c2nnc(SCc3noc(C(C)C)n3)n2CC2CCCO2)cc1. The predicted molar refractivity (Wildman–Crippen MR) is 109 cm³/mol. The van der Waals surface area contributed by atoms with E-state index in [1.807, 2.05) is 38.1 Å². The van der Waals surface area contributed by atoms with E-state index in [1.54, 1.807) is 18.9 Å². The minimum atomic E-state index is 0.181. The summed E-state index contributed by atoms with van der Waals surface area (Å²) in [6.07, 6.45) is 2.32. The minimum Gasteiger partial charge on any atom is -0.497 e. The van der Waals surface area contributed by atoms with Crippen LogP contribution in [0.4, 0.5) is 0 Å². The van der Waals surface area contributed by atoms with E-state index in [0.29, 0.717) is 17.5 Å². The lowest BCUT2D eigenvalue weighted by atomic mass is 10.2. The van der Waals surface area contributed by atoms with Gasteiger partial charge < -0.3 is 14.0 Å². The van der Waals surface area contributed by atoms with Crippen LogP contribution in [0.2, 0.25) is 0 Å². The maximum atomic E-state index is 5.86. The third kappa shape index (κ3) is 4.62. The Morgan fingerprint density at radius 1 is 1.24 bits per heavy atom. The molecular weight excluding hydrogens is 390 g/mol. The number of hydrogen-bond acceptors (Lipinski definition) is 8. The van der Waals surface area contributed by atoms with Crippen LogP contribution in [0.1, 0.15) is 44.3 Å². The van der Waals surface area contributed by atoms with E-state index < -0.39 is 0 Å². The van der Waals surface area contributed by atoms with Gasteiger partial charge in [-0.3, -0.25) is 4.57 Å². The summed E-state index contributed by atoms with van der Waals surface area (Å²) >= 11 is 1.56. The fourth-order valence-corrected chi connectivity index (χ4v) is 3.99. The Kier molecular flexibility index (Phi) is 6.15. The van der Waals surface area contributed by atoms with Crippen LogP contribution in [0, 0.1) is 0 Å². The standard InChI is InChI=1S/C20H25N5O3S/c1-13(2)19-21-17(24-28-19)12-29-20-23-22-18(14-6-8-15(26-3)9-7-14)25(20)11-16-5-4-10-27-16/h6-9,13,16H,4-5,10-12H2,1-3H3. The summed E-state index contributed by atoms with van der Waals surface area (Å²) in [6.45, 7) is 5.60. The third-order valence-electron chi connectivity index (χ3n) is 4.78. The lowest BCUT2D eigenvalue weighted by molar-refractivity contribution is 0.0953. The number of aromatic nitrogens is 5. The van der Waals surface area contributed by atoms with Crippen LogP contribution in [0.15, 0.2) is 33.9 Å². The fraction of sp³-hybridized carbons (Fsp3) is 0.500. The Balaban J connectivity index is 1.57. The molecule has 1 aromatic carbocycles. The van der Waals surface area contributed by atoms with Gasteiger partial charge in [0, 0.05) is 18.1 Å². The van der Waals surface area contributed by atoms with Crippen molar-refractivity contribution in [3.8, 4) is 17.1 Å². The van der Waals surface area contributed by atoms with Gasteiger partial charge in [-0.15, -0.1) is 10.2 Å². The van der Waals surface area contributed by atoms with Gasteiger partial charge in [-0.25, -0.2) is 0 Å². The van der Waals surface area contributed by atoms with E-state index in [1.165, 1.54) is 0 Å². The molecule has 4 rings (SSSR count). The van der Waals surface area contributed by atoms with Crippen molar-refractivity contribution < 1.29 is 14.0 Å². The molecule has 9 heteroatoms. The zero-order valence-corrected chi connectivity index (χ0v) is 17.7. The van der Waals surface area contributed by atoms with Gasteiger partial charge in [-0.1, -0.05) is 30.8 Å². The molecule has 29 heavy (non-hydrogen) atoms. The van der Waals surface area contributed by atoms with E-state index in [2.05, 4.69) is 24.9 Å². The van der Waals surface area contributed by atoms with E-state index in [-0.39, 0.29) is 12.0 Å². The van der Waals surface area contributed by atoms with Crippen LogP contribution in [0.3, 0.4) is 0 Å². The molecule has 0 N–H and O–H groups in total. The minimum absolute atomic E-state index is 0.181.